The lowest BCUT2D eigenvalue weighted by Crippen LogP contribution is -2.46. The van der Waals surface area contributed by atoms with Gasteiger partial charge in [-0.15, -0.1) is 0 Å². The van der Waals surface area contributed by atoms with Crippen LogP contribution >= 0.6 is 0 Å². The molecule has 0 heterocycles. The summed E-state index contributed by atoms with van der Waals surface area (Å²) in [5.41, 5.74) is 5.13. The molecule has 1 rings (SSSR count). The first-order valence-electron chi connectivity index (χ1n) is 4.93. The summed E-state index contributed by atoms with van der Waals surface area (Å²) in [6.07, 6.45) is 2.09. The predicted octanol–water partition coefficient (Wildman–Crippen LogP) is 0.669. The molecule has 14 heavy (non-hydrogen) atoms. The maximum atomic E-state index is 8.95. The molecule has 1 aliphatic carbocycles. The van der Waals surface area contributed by atoms with Gasteiger partial charge in [0.05, 0.1) is 25.4 Å². The average Bonchev–Trinajstić information content (AvgIpc) is 2.98. The molecule has 2 atom stereocenters. The van der Waals surface area contributed by atoms with Crippen molar-refractivity contribution in [2.24, 2.45) is 11.7 Å². The molecule has 0 spiro atoms. The van der Waals surface area contributed by atoms with E-state index < -0.39 is 5.54 Å². The normalized spacial score (nSPS) is 22.4. The summed E-state index contributed by atoms with van der Waals surface area (Å²) in [5, 5.41) is 8.95. The SMILES string of the molecule is COCC(C)OCC(N)(C#N)C1CC1. The maximum absolute atomic E-state index is 8.95. The minimum absolute atomic E-state index is 0.00461. The zero-order valence-corrected chi connectivity index (χ0v) is 8.82. The Kier molecular flexibility index (Phi) is 3.87. The molecule has 2 unspecified atom stereocenters. The standard InChI is InChI=1S/C10H18N2O2/c1-8(5-13-2)14-7-10(12,6-11)9-3-4-9/h8-9H,3-5,7,12H2,1-2H3. The number of rotatable bonds is 6. The molecule has 1 fully saturated rings. The van der Waals surface area contributed by atoms with E-state index >= 15 is 0 Å². The fourth-order valence-electron chi connectivity index (χ4n) is 1.40. The average molecular weight is 198 g/mol. The first kappa shape index (κ1) is 11.4. The molecule has 0 bridgehead atoms. The lowest BCUT2D eigenvalue weighted by molar-refractivity contribution is -0.00771. The van der Waals surface area contributed by atoms with E-state index in [4.69, 9.17) is 20.5 Å². The monoisotopic (exact) mass is 198 g/mol. The molecule has 0 aromatic rings. The smallest absolute Gasteiger partial charge is 0.130 e. The maximum Gasteiger partial charge on any atom is 0.130 e. The second-order valence-corrected chi connectivity index (χ2v) is 4.00. The summed E-state index contributed by atoms with van der Waals surface area (Å²) in [4.78, 5) is 0. The van der Waals surface area contributed by atoms with Gasteiger partial charge in [0.15, 0.2) is 0 Å². The van der Waals surface area contributed by atoms with Crippen molar-refractivity contribution in [1.82, 2.24) is 0 Å². The Morgan fingerprint density at radius 1 is 1.64 bits per heavy atom. The predicted molar refractivity (Wildman–Crippen MR) is 52.5 cm³/mol. The van der Waals surface area contributed by atoms with Crippen LogP contribution in [-0.2, 0) is 9.47 Å². The molecule has 0 aliphatic heterocycles. The molecule has 4 nitrogen and oxygen atoms in total. The van der Waals surface area contributed by atoms with Gasteiger partial charge in [-0.05, 0) is 25.7 Å². The Morgan fingerprint density at radius 2 is 2.29 bits per heavy atom. The minimum Gasteiger partial charge on any atom is -0.382 e. The third kappa shape index (κ3) is 2.95. The van der Waals surface area contributed by atoms with E-state index in [1.165, 1.54) is 0 Å². The highest BCUT2D eigenvalue weighted by Gasteiger charge is 2.43. The Hall–Kier alpha value is -0.630. The Balaban J connectivity index is 2.31. The van der Waals surface area contributed by atoms with Crippen molar-refractivity contribution in [3.05, 3.63) is 0 Å². The largest absolute Gasteiger partial charge is 0.382 e. The summed E-state index contributed by atoms with van der Waals surface area (Å²) < 4.78 is 10.4. The van der Waals surface area contributed by atoms with Gasteiger partial charge < -0.3 is 15.2 Å². The summed E-state index contributed by atoms with van der Waals surface area (Å²) in [5.74, 6) is 0.322. The van der Waals surface area contributed by atoms with Crippen LogP contribution in [0.1, 0.15) is 19.8 Å². The fraction of sp³-hybridized carbons (Fsp3) is 0.900. The van der Waals surface area contributed by atoms with Crippen LogP contribution in [-0.4, -0.2) is 32.0 Å². The first-order chi connectivity index (χ1) is 6.62. The summed E-state index contributed by atoms with van der Waals surface area (Å²) in [7, 11) is 1.63. The Bertz CT molecular complexity index is 223. The molecule has 2 N–H and O–H groups in total. The first-order valence-corrected chi connectivity index (χ1v) is 4.93. The van der Waals surface area contributed by atoms with Gasteiger partial charge in [0, 0.05) is 7.11 Å². The van der Waals surface area contributed by atoms with Crippen LogP contribution in [0.2, 0.25) is 0 Å². The van der Waals surface area contributed by atoms with Crippen LogP contribution in [0.4, 0.5) is 0 Å². The van der Waals surface area contributed by atoms with E-state index in [-0.39, 0.29) is 6.10 Å². The minimum atomic E-state index is -0.790. The van der Waals surface area contributed by atoms with Crippen molar-refractivity contribution in [3.8, 4) is 6.07 Å². The van der Waals surface area contributed by atoms with Gasteiger partial charge in [0.1, 0.15) is 5.54 Å². The number of hydrogen-bond donors (Lipinski definition) is 1. The van der Waals surface area contributed by atoms with Gasteiger partial charge >= 0.3 is 0 Å². The molecule has 4 heteroatoms. The van der Waals surface area contributed by atoms with Crippen molar-refractivity contribution >= 4 is 0 Å². The van der Waals surface area contributed by atoms with Crippen LogP contribution < -0.4 is 5.73 Å². The number of nitrogens with two attached hydrogens (primary N) is 1. The lowest BCUT2D eigenvalue weighted by Gasteiger charge is -2.23. The molecule has 0 amide bonds. The lowest BCUT2D eigenvalue weighted by atomic mass is 9.98. The third-order valence-corrected chi connectivity index (χ3v) is 2.52. The van der Waals surface area contributed by atoms with Gasteiger partial charge in [-0.2, -0.15) is 5.26 Å². The van der Waals surface area contributed by atoms with Gasteiger partial charge in [0.2, 0.25) is 0 Å². The molecule has 0 radical (unpaired) electrons. The highest BCUT2D eigenvalue weighted by Crippen LogP contribution is 2.38. The van der Waals surface area contributed by atoms with Crippen molar-refractivity contribution in [2.75, 3.05) is 20.3 Å². The molecule has 0 saturated heterocycles. The topological polar surface area (TPSA) is 68.3 Å². The second-order valence-electron chi connectivity index (χ2n) is 4.00. The van der Waals surface area contributed by atoms with Crippen molar-refractivity contribution in [3.63, 3.8) is 0 Å². The third-order valence-electron chi connectivity index (χ3n) is 2.52. The highest BCUT2D eigenvalue weighted by atomic mass is 16.5. The van der Waals surface area contributed by atoms with Crippen LogP contribution in [0.15, 0.2) is 0 Å². The quantitative estimate of drug-likeness (QED) is 0.681. The van der Waals surface area contributed by atoms with E-state index in [1.54, 1.807) is 7.11 Å². The fourth-order valence-corrected chi connectivity index (χ4v) is 1.40. The van der Waals surface area contributed by atoms with E-state index in [2.05, 4.69) is 6.07 Å². The van der Waals surface area contributed by atoms with E-state index in [0.29, 0.717) is 19.1 Å². The van der Waals surface area contributed by atoms with Crippen LogP contribution in [0.25, 0.3) is 0 Å². The summed E-state index contributed by atoms with van der Waals surface area (Å²) >= 11 is 0. The number of nitrogens with zero attached hydrogens (tertiary/aromatic N) is 1. The molecular formula is C10H18N2O2. The number of ether oxygens (including phenoxy) is 2. The van der Waals surface area contributed by atoms with Crippen molar-refractivity contribution < 1.29 is 9.47 Å². The van der Waals surface area contributed by atoms with Gasteiger partial charge in [0.25, 0.3) is 0 Å². The van der Waals surface area contributed by atoms with E-state index in [1.807, 2.05) is 6.92 Å². The second kappa shape index (κ2) is 4.74. The number of hydrogen-bond acceptors (Lipinski definition) is 4. The zero-order chi connectivity index (χ0) is 10.6. The van der Waals surface area contributed by atoms with Crippen LogP contribution in [0.5, 0.6) is 0 Å². The van der Waals surface area contributed by atoms with Gasteiger partial charge in [-0.1, -0.05) is 0 Å². The molecule has 0 aromatic heterocycles. The van der Waals surface area contributed by atoms with E-state index in [0.717, 1.165) is 12.8 Å². The molecule has 0 aromatic carbocycles. The Morgan fingerprint density at radius 3 is 2.71 bits per heavy atom. The number of methoxy groups -OCH3 is 1. The molecule has 1 saturated carbocycles. The zero-order valence-electron chi connectivity index (χ0n) is 8.82. The number of nitriles is 1. The summed E-state index contributed by atoms with van der Waals surface area (Å²) in [6.45, 7) is 2.75. The van der Waals surface area contributed by atoms with Crippen LogP contribution in [0, 0.1) is 17.2 Å². The van der Waals surface area contributed by atoms with Crippen molar-refractivity contribution in [2.45, 2.75) is 31.4 Å². The molecular weight excluding hydrogens is 180 g/mol. The van der Waals surface area contributed by atoms with Crippen LogP contribution in [0.3, 0.4) is 0 Å². The highest BCUT2D eigenvalue weighted by molar-refractivity contribution is 5.13. The van der Waals surface area contributed by atoms with Gasteiger partial charge in [-0.25, -0.2) is 0 Å². The Labute approximate surface area is 85.0 Å². The van der Waals surface area contributed by atoms with E-state index in [9.17, 15) is 0 Å². The van der Waals surface area contributed by atoms with Gasteiger partial charge in [-0.3, -0.25) is 0 Å². The summed E-state index contributed by atoms with van der Waals surface area (Å²) in [6, 6.07) is 2.15. The molecule has 1 aliphatic rings. The van der Waals surface area contributed by atoms with Crippen molar-refractivity contribution in [1.29, 1.82) is 5.26 Å². The molecule has 80 valence electrons.